The lowest BCUT2D eigenvalue weighted by molar-refractivity contribution is -0.119. The molecule has 1 aliphatic carbocycles. The number of fused-ring (bicyclic) bond motifs is 1. The molecule has 2 aliphatic rings. The Bertz CT molecular complexity index is 1180. The zero-order chi connectivity index (χ0) is 21.6. The minimum absolute atomic E-state index is 0.0410. The maximum atomic E-state index is 13.2. The Morgan fingerprint density at radius 3 is 2.68 bits per heavy atom. The molecule has 1 aliphatic heterocycles. The first kappa shape index (κ1) is 19.4. The fourth-order valence-corrected chi connectivity index (χ4v) is 3.75. The van der Waals surface area contributed by atoms with Crippen molar-refractivity contribution in [2.24, 2.45) is 5.92 Å². The first-order valence-electron chi connectivity index (χ1n) is 9.88. The number of hydrogen-bond donors (Lipinski definition) is 4. The number of amides is 1. The Kier molecular flexibility index (Phi) is 4.55. The topological polar surface area (TPSA) is 98.9 Å². The summed E-state index contributed by atoms with van der Waals surface area (Å²) in [6.07, 6.45) is 1.05. The number of hydrogen-bond acceptors (Lipinski definition) is 5. The standard InChI is InChI=1S/C22H19F2N5O2/c23-22(24)9-14(22)21(31)29-17-8-12(6-7-26-17)19-20(27-13-4-2-1-3-5-13)18-15(28-19)10-25-11-16(18)30/h1-8,14,25,27-28H,9-11H2,(H,26,29,31)/t14-/m0/s1. The van der Waals surface area contributed by atoms with E-state index in [4.69, 9.17) is 0 Å². The predicted octanol–water partition coefficient (Wildman–Crippen LogP) is 3.70. The van der Waals surface area contributed by atoms with Gasteiger partial charge in [0.1, 0.15) is 11.7 Å². The van der Waals surface area contributed by atoms with Gasteiger partial charge in [-0.15, -0.1) is 0 Å². The molecule has 0 saturated heterocycles. The normalized spacial score (nSPS) is 18.9. The molecule has 0 radical (unpaired) electrons. The van der Waals surface area contributed by atoms with Crippen LogP contribution in [0.2, 0.25) is 0 Å². The van der Waals surface area contributed by atoms with Crippen LogP contribution in [-0.2, 0) is 11.3 Å². The Labute approximate surface area is 176 Å². The van der Waals surface area contributed by atoms with Crippen LogP contribution in [0.15, 0.2) is 48.7 Å². The van der Waals surface area contributed by atoms with Crippen molar-refractivity contribution in [1.29, 1.82) is 0 Å². The second-order valence-corrected chi connectivity index (χ2v) is 7.68. The van der Waals surface area contributed by atoms with E-state index in [0.717, 1.165) is 11.4 Å². The van der Waals surface area contributed by atoms with E-state index >= 15 is 0 Å². The molecule has 2 aromatic heterocycles. The number of H-pyrrole nitrogens is 1. The lowest BCUT2D eigenvalue weighted by Gasteiger charge is -2.14. The summed E-state index contributed by atoms with van der Waals surface area (Å²) in [5.74, 6) is -4.87. The van der Waals surface area contributed by atoms with Crippen LogP contribution in [0.1, 0.15) is 22.5 Å². The van der Waals surface area contributed by atoms with Crippen LogP contribution < -0.4 is 16.0 Å². The van der Waals surface area contributed by atoms with Crippen molar-refractivity contribution in [3.05, 3.63) is 59.9 Å². The van der Waals surface area contributed by atoms with Gasteiger partial charge >= 0.3 is 0 Å². The smallest absolute Gasteiger partial charge is 0.260 e. The van der Waals surface area contributed by atoms with Gasteiger partial charge in [0.25, 0.3) is 5.92 Å². The Morgan fingerprint density at radius 2 is 1.94 bits per heavy atom. The molecule has 1 aromatic carbocycles. The second kappa shape index (κ2) is 7.28. The average Bonchev–Trinajstić information content (AvgIpc) is 3.24. The number of rotatable bonds is 5. The van der Waals surface area contributed by atoms with Crippen molar-refractivity contribution >= 4 is 28.9 Å². The molecular weight excluding hydrogens is 404 g/mol. The van der Waals surface area contributed by atoms with Crippen molar-refractivity contribution in [2.75, 3.05) is 17.2 Å². The van der Waals surface area contributed by atoms with Gasteiger partial charge in [0.15, 0.2) is 5.78 Å². The zero-order valence-electron chi connectivity index (χ0n) is 16.3. The number of aromatic nitrogens is 2. The van der Waals surface area contributed by atoms with Gasteiger partial charge in [-0.25, -0.2) is 13.8 Å². The number of para-hydroxylation sites is 1. The monoisotopic (exact) mass is 423 g/mol. The quantitative estimate of drug-likeness (QED) is 0.502. The molecule has 1 atom stereocenters. The summed E-state index contributed by atoms with van der Waals surface area (Å²) < 4.78 is 26.4. The number of benzene rings is 1. The van der Waals surface area contributed by atoms with Crippen LogP contribution in [0.5, 0.6) is 0 Å². The summed E-state index contributed by atoms with van der Waals surface area (Å²) in [6.45, 7) is 0.747. The zero-order valence-corrected chi connectivity index (χ0v) is 16.3. The van der Waals surface area contributed by atoms with Crippen molar-refractivity contribution in [3.8, 4) is 11.3 Å². The van der Waals surface area contributed by atoms with Gasteiger partial charge in [-0.1, -0.05) is 18.2 Å². The van der Waals surface area contributed by atoms with E-state index in [1.54, 1.807) is 12.1 Å². The molecule has 31 heavy (non-hydrogen) atoms. The van der Waals surface area contributed by atoms with E-state index in [9.17, 15) is 18.4 Å². The first-order valence-corrected chi connectivity index (χ1v) is 9.88. The van der Waals surface area contributed by atoms with Gasteiger partial charge in [0.2, 0.25) is 5.91 Å². The maximum Gasteiger partial charge on any atom is 0.260 e. The third kappa shape index (κ3) is 3.68. The highest BCUT2D eigenvalue weighted by molar-refractivity contribution is 6.08. The van der Waals surface area contributed by atoms with E-state index in [1.807, 2.05) is 30.3 Å². The molecule has 1 saturated carbocycles. The van der Waals surface area contributed by atoms with Gasteiger partial charge in [-0.2, -0.15) is 0 Å². The third-order valence-electron chi connectivity index (χ3n) is 5.43. The molecule has 158 valence electrons. The maximum absolute atomic E-state index is 13.2. The molecule has 1 fully saturated rings. The Hall–Kier alpha value is -3.59. The number of carbonyl (C=O) groups excluding carboxylic acids is 2. The van der Waals surface area contributed by atoms with E-state index in [0.29, 0.717) is 29.1 Å². The van der Waals surface area contributed by atoms with Crippen LogP contribution >= 0.6 is 0 Å². The van der Waals surface area contributed by atoms with Crippen molar-refractivity contribution in [2.45, 2.75) is 18.9 Å². The first-order chi connectivity index (χ1) is 14.9. The minimum Gasteiger partial charge on any atom is -0.355 e. The number of aromatic amines is 1. The number of carbonyl (C=O) groups is 2. The molecule has 1 amide bonds. The summed E-state index contributed by atoms with van der Waals surface area (Å²) in [7, 11) is 0. The lowest BCUT2D eigenvalue weighted by atomic mass is 10.0. The fourth-order valence-electron chi connectivity index (χ4n) is 3.75. The highest BCUT2D eigenvalue weighted by Gasteiger charge is 2.61. The molecule has 9 heteroatoms. The molecule has 3 heterocycles. The van der Waals surface area contributed by atoms with Crippen molar-refractivity contribution < 1.29 is 18.4 Å². The third-order valence-corrected chi connectivity index (χ3v) is 5.43. The number of ketones is 1. The van der Waals surface area contributed by atoms with E-state index < -0.39 is 24.2 Å². The lowest BCUT2D eigenvalue weighted by Crippen LogP contribution is -2.29. The summed E-state index contributed by atoms with van der Waals surface area (Å²) in [5, 5.41) is 8.85. The number of anilines is 3. The fraction of sp³-hybridized carbons (Fsp3) is 0.227. The largest absolute Gasteiger partial charge is 0.355 e. The van der Waals surface area contributed by atoms with E-state index in [2.05, 4.69) is 25.9 Å². The number of nitrogens with one attached hydrogen (secondary N) is 4. The Balaban J connectivity index is 1.51. The van der Waals surface area contributed by atoms with Crippen molar-refractivity contribution in [3.63, 3.8) is 0 Å². The van der Waals surface area contributed by atoms with E-state index in [-0.39, 0.29) is 18.1 Å². The van der Waals surface area contributed by atoms with Gasteiger partial charge < -0.3 is 20.9 Å². The molecule has 5 rings (SSSR count). The summed E-state index contributed by atoms with van der Waals surface area (Å²) in [4.78, 5) is 32.1. The van der Waals surface area contributed by atoms with Crippen LogP contribution in [0.3, 0.4) is 0 Å². The van der Waals surface area contributed by atoms with Crippen LogP contribution in [-0.4, -0.2) is 34.1 Å². The van der Waals surface area contributed by atoms with Gasteiger partial charge in [0, 0.05) is 36.1 Å². The average molecular weight is 423 g/mol. The predicted molar refractivity (Wildman–Crippen MR) is 111 cm³/mol. The van der Waals surface area contributed by atoms with Crippen molar-refractivity contribution in [1.82, 2.24) is 15.3 Å². The van der Waals surface area contributed by atoms with Gasteiger partial charge in [0.05, 0.1) is 23.5 Å². The number of Topliss-reactive ketones (excluding diaryl/α,β-unsaturated/α-hetero) is 1. The second-order valence-electron chi connectivity index (χ2n) is 7.68. The van der Waals surface area contributed by atoms with Crippen LogP contribution in [0.25, 0.3) is 11.3 Å². The molecule has 3 aromatic rings. The summed E-state index contributed by atoms with van der Waals surface area (Å²) >= 11 is 0. The molecule has 4 N–H and O–H groups in total. The van der Waals surface area contributed by atoms with Gasteiger partial charge in [-0.05, 0) is 24.3 Å². The van der Waals surface area contributed by atoms with Gasteiger partial charge in [-0.3, -0.25) is 9.59 Å². The summed E-state index contributed by atoms with van der Waals surface area (Å²) in [6, 6.07) is 12.8. The molecule has 0 bridgehead atoms. The molecule has 0 unspecified atom stereocenters. The van der Waals surface area contributed by atoms with E-state index in [1.165, 1.54) is 6.20 Å². The number of nitrogens with zero attached hydrogens (tertiary/aromatic N) is 1. The molecular formula is C22H19F2N5O2. The number of pyridine rings is 1. The number of alkyl halides is 2. The summed E-state index contributed by atoms with van der Waals surface area (Å²) in [5.41, 5.74) is 4.09. The Morgan fingerprint density at radius 1 is 1.16 bits per heavy atom. The van der Waals surface area contributed by atoms with Crippen LogP contribution in [0, 0.1) is 5.92 Å². The SMILES string of the molecule is O=C1CNCc2[nH]c(-c3ccnc(NC(=O)[C@@H]4CC4(F)F)c3)c(Nc3ccccc3)c21. The van der Waals surface area contributed by atoms with Crippen LogP contribution in [0.4, 0.5) is 26.0 Å². The highest BCUT2D eigenvalue weighted by Crippen LogP contribution is 2.49. The number of halogens is 2. The highest BCUT2D eigenvalue weighted by atomic mass is 19.3. The minimum atomic E-state index is -2.94. The molecule has 7 nitrogen and oxygen atoms in total. The molecule has 0 spiro atoms.